The molecule has 0 spiro atoms. The Morgan fingerprint density at radius 3 is 2.73 bits per heavy atom. The molecule has 0 fully saturated rings. The molecule has 1 unspecified atom stereocenters. The van der Waals surface area contributed by atoms with Crippen molar-refractivity contribution in [2.45, 2.75) is 31.9 Å². The number of halogens is 1. The van der Waals surface area contributed by atoms with E-state index in [1.165, 1.54) is 4.90 Å². The molecule has 0 radical (unpaired) electrons. The highest BCUT2D eigenvalue weighted by Crippen LogP contribution is 2.43. The number of amides is 2. The van der Waals surface area contributed by atoms with Crippen LogP contribution in [0, 0.1) is 0 Å². The second kappa shape index (κ2) is 10.0. The molecular weight excluding hydrogens is 440 g/mol. The van der Waals surface area contributed by atoms with Crippen molar-refractivity contribution < 1.29 is 14.3 Å². The molecule has 0 saturated heterocycles. The van der Waals surface area contributed by atoms with Gasteiger partial charge in [0.05, 0.1) is 11.7 Å². The average molecular weight is 467 g/mol. The molecule has 0 saturated carbocycles. The van der Waals surface area contributed by atoms with Crippen LogP contribution in [-0.4, -0.2) is 35.5 Å². The fraction of sp³-hybridized carbons (Fsp3) is 0.240. The zero-order valence-corrected chi connectivity index (χ0v) is 19.6. The lowest BCUT2D eigenvalue weighted by atomic mass is 9.92. The summed E-state index contributed by atoms with van der Waals surface area (Å²) in [5, 5.41) is 6.13. The highest BCUT2D eigenvalue weighted by atomic mass is 35.5. The van der Waals surface area contributed by atoms with E-state index >= 15 is 0 Å². The number of hydrogen-bond acceptors (Lipinski definition) is 5. The van der Waals surface area contributed by atoms with Gasteiger partial charge in [-0.1, -0.05) is 49.1 Å². The van der Waals surface area contributed by atoms with Gasteiger partial charge in [0.2, 0.25) is 11.8 Å². The predicted molar refractivity (Wildman–Crippen MR) is 132 cm³/mol. The molecule has 1 aromatic heterocycles. The minimum Gasteiger partial charge on any atom is -0.459 e. The van der Waals surface area contributed by atoms with Crippen LogP contribution in [0.3, 0.4) is 0 Å². The number of nitrogens with zero attached hydrogens (tertiary/aromatic N) is 2. The molecule has 2 heterocycles. The van der Waals surface area contributed by atoms with Gasteiger partial charge in [0.25, 0.3) is 5.91 Å². The number of ether oxygens (including phenoxy) is 1. The first-order valence-corrected chi connectivity index (χ1v) is 10.8. The van der Waals surface area contributed by atoms with Gasteiger partial charge in [-0.15, -0.1) is 0 Å². The number of rotatable bonds is 8. The van der Waals surface area contributed by atoms with Crippen molar-refractivity contribution in [2.75, 3.05) is 17.3 Å². The Labute approximate surface area is 198 Å². The number of fused-ring (bicyclic) bond motifs is 1. The van der Waals surface area contributed by atoms with Crippen LogP contribution in [0.25, 0.3) is 0 Å². The van der Waals surface area contributed by atoms with E-state index < -0.39 is 11.6 Å². The van der Waals surface area contributed by atoms with Crippen LogP contribution in [0.4, 0.5) is 17.2 Å². The molecule has 2 atom stereocenters. The number of likely N-dealkylation sites (N-methyl/N-ethyl adjacent to an activating group) is 1. The van der Waals surface area contributed by atoms with Crippen LogP contribution in [0.2, 0.25) is 5.02 Å². The minimum absolute atomic E-state index is 0.217. The summed E-state index contributed by atoms with van der Waals surface area (Å²) in [5.41, 5.74) is 0.528. The van der Waals surface area contributed by atoms with Gasteiger partial charge in [-0.3, -0.25) is 14.5 Å². The van der Waals surface area contributed by atoms with Crippen molar-refractivity contribution in [3.63, 3.8) is 0 Å². The van der Waals surface area contributed by atoms with E-state index in [2.05, 4.69) is 28.8 Å². The zero-order chi connectivity index (χ0) is 24.2. The highest BCUT2D eigenvalue weighted by Gasteiger charge is 2.46. The molecule has 8 heteroatoms. The lowest BCUT2D eigenvalue weighted by Gasteiger charge is -2.40. The van der Waals surface area contributed by atoms with Gasteiger partial charge in [-0.2, -0.15) is 4.98 Å². The largest absolute Gasteiger partial charge is 0.459 e. The molecule has 1 aromatic carbocycles. The number of nitrogens with one attached hydrogen (secondary N) is 2. The van der Waals surface area contributed by atoms with Crippen molar-refractivity contribution in [1.29, 1.82) is 0 Å². The number of anilines is 3. The van der Waals surface area contributed by atoms with E-state index in [4.69, 9.17) is 16.3 Å². The first-order valence-electron chi connectivity index (χ1n) is 10.4. The summed E-state index contributed by atoms with van der Waals surface area (Å²) in [7, 11) is 1.70. The predicted octanol–water partition coefficient (Wildman–Crippen LogP) is 4.79. The number of aromatic nitrogens is 1. The Balaban J connectivity index is 2.10. The maximum Gasteiger partial charge on any atom is 0.276 e. The molecule has 0 bridgehead atoms. The Morgan fingerprint density at radius 1 is 1.33 bits per heavy atom. The van der Waals surface area contributed by atoms with Gasteiger partial charge in [0.1, 0.15) is 11.5 Å². The lowest BCUT2D eigenvalue weighted by molar-refractivity contribution is -0.133. The van der Waals surface area contributed by atoms with Crippen LogP contribution < -0.4 is 20.3 Å². The quantitative estimate of drug-likeness (QED) is 0.547. The first kappa shape index (κ1) is 24.2. The molecule has 2 aromatic rings. The Kier molecular flexibility index (Phi) is 7.36. The highest BCUT2D eigenvalue weighted by molar-refractivity contribution is 6.31. The third-order valence-electron chi connectivity index (χ3n) is 5.34. The van der Waals surface area contributed by atoms with Crippen LogP contribution in [0.15, 0.2) is 73.4 Å². The fourth-order valence-corrected chi connectivity index (χ4v) is 3.62. The van der Waals surface area contributed by atoms with E-state index in [9.17, 15) is 9.59 Å². The summed E-state index contributed by atoms with van der Waals surface area (Å²) < 4.78 is 6.18. The maximum absolute atomic E-state index is 13.7. The summed E-state index contributed by atoms with van der Waals surface area (Å²) in [6.45, 7) is 11.0. The molecule has 2 amide bonds. The molecule has 2 N–H and O–H groups in total. The van der Waals surface area contributed by atoms with Crippen LogP contribution >= 0.6 is 11.6 Å². The number of allylic oxidation sites excluding steroid dienone is 3. The van der Waals surface area contributed by atoms with Gasteiger partial charge in [0.15, 0.2) is 5.60 Å². The van der Waals surface area contributed by atoms with Crippen molar-refractivity contribution in [3.05, 3.63) is 78.4 Å². The monoisotopic (exact) mass is 466 g/mol. The smallest absolute Gasteiger partial charge is 0.276 e. The number of hydrogen-bond donors (Lipinski definition) is 2. The Morgan fingerprint density at radius 2 is 2.09 bits per heavy atom. The molecule has 0 aliphatic carbocycles. The molecule has 172 valence electrons. The molecule has 33 heavy (non-hydrogen) atoms. The number of carbonyl (C=O) groups excluding carboxylic acids is 2. The SMILES string of the molecule is C=C/C=C(\C=C)CC1(C)Oc2nc(NC(=O)[C@H](C)NC)ccc2N(c2cccc(Cl)c2)C1=O. The summed E-state index contributed by atoms with van der Waals surface area (Å²) in [5.74, 6) is 0.00815. The lowest BCUT2D eigenvalue weighted by Crippen LogP contribution is -2.53. The summed E-state index contributed by atoms with van der Waals surface area (Å²) in [6.07, 6.45) is 5.31. The molecule has 7 nitrogen and oxygen atoms in total. The number of carbonyl (C=O) groups is 2. The second-order valence-corrected chi connectivity index (χ2v) is 8.27. The maximum atomic E-state index is 13.7. The van der Waals surface area contributed by atoms with Gasteiger partial charge in [-0.05, 0) is 56.8 Å². The summed E-state index contributed by atoms with van der Waals surface area (Å²) in [4.78, 5) is 32.1. The first-order chi connectivity index (χ1) is 15.7. The van der Waals surface area contributed by atoms with Crippen LogP contribution in [0.1, 0.15) is 20.3 Å². The van der Waals surface area contributed by atoms with Crippen molar-refractivity contribution in [2.24, 2.45) is 0 Å². The fourth-order valence-electron chi connectivity index (χ4n) is 3.44. The summed E-state index contributed by atoms with van der Waals surface area (Å²) >= 11 is 6.21. The van der Waals surface area contributed by atoms with Gasteiger partial charge in [0, 0.05) is 11.4 Å². The van der Waals surface area contributed by atoms with Gasteiger partial charge < -0.3 is 15.4 Å². The molecule has 3 rings (SSSR count). The molecule has 1 aliphatic rings. The zero-order valence-electron chi connectivity index (χ0n) is 18.9. The minimum atomic E-state index is -1.29. The van der Waals surface area contributed by atoms with E-state index in [1.807, 2.05) is 0 Å². The number of benzene rings is 1. The van der Waals surface area contributed by atoms with Gasteiger partial charge in [-0.25, -0.2) is 0 Å². The average Bonchev–Trinajstić information content (AvgIpc) is 2.79. The second-order valence-electron chi connectivity index (χ2n) is 7.83. The normalized spacial score (nSPS) is 18.7. The van der Waals surface area contributed by atoms with Crippen molar-refractivity contribution in [1.82, 2.24) is 10.3 Å². The third kappa shape index (κ3) is 5.16. The summed E-state index contributed by atoms with van der Waals surface area (Å²) in [6, 6.07) is 9.91. The molecule has 1 aliphatic heterocycles. The van der Waals surface area contributed by atoms with Gasteiger partial charge >= 0.3 is 0 Å². The van der Waals surface area contributed by atoms with Crippen molar-refractivity contribution >= 4 is 40.6 Å². The standard InChI is InChI=1S/C25H27ClN4O3/c1-6-9-17(7-2)15-25(4)24(32)30(19-11-8-10-18(26)14-19)20-12-13-21(29-23(20)33-25)28-22(31)16(3)27-5/h6-14,16,27H,1-2,15H2,3-5H3,(H,28,29,31)/b17-9+/t16-,25?/m0/s1. The molecular formula is C25H27ClN4O3. The van der Waals surface area contributed by atoms with E-state index in [-0.39, 0.29) is 24.1 Å². The van der Waals surface area contributed by atoms with E-state index in [0.717, 1.165) is 5.57 Å². The third-order valence-corrected chi connectivity index (χ3v) is 5.57. The van der Waals surface area contributed by atoms with Crippen molar-refractivity contribution in [3.8, 4) is 5.88 Å². The topological polar surface area (TPSA) is 83.6 Å². The van der Waals surface area contributed by atoms with Crippen LogP contribution in [-0.2, 0) is 9.59 Å². The van der Waals surface area contributed by atoms with Crippen LogP contribution in [0.5, 0.6) is 5.88 Å². The number of pyridine rings is 1. The van der Waals surface area contributed by atoms with E-state index in [0.29, 0.717) is 22.2 Å². The Hall–Kier alpha value is -3.42. The Bertz CT molecular complexity index is 1130. The van der Waals surface area contributed by atoms with E-state index in [1.54, 1.807) is 75.5 Å².